The first kappa shape index (κ1) is 18.6. The summed E-state index contributed by atoms with van der Waals surface area (Å²) < 4.78 is 5.15. The smallest absolute Gasteiger partial charge is 0.317 e. The van der Waals surface area contributed by atoms with Gasteiger partial charge in [-0.2, -0.15) is 0 Å². The third-order valence-corrected chi connectivity index (χ3v) is 5.17. The quantitative estimate of drug-likeness (QED) is 0.839. The lowest BCUT2D eigenvalue weighted by Gasteiger charge is -2.32. The fraction of sp³-hybridized carbons (Fsp3) is 0.632. The summed E-state index contributed by atoms with van der Waals surface area (Å²) in [6.45, 7) is 1.97. The number of hydrogen-bond acceptors (Lipinski definition) is 3. The number of aliphatic hydroxyl groups excluding tert-OH is 1. The number of urea groups is 1. The summed E-state index contributed by atoms with van der Waals surface area (Å²) in [5.74, 6) is 1.32. The summed E-state index contributed by atoms with van der Waals surface area (Å²) in [4.78, 5) is 14.2. The molecule has 24 heavy (non-hydrogen) atoms. The normalized spacial score (nSPS) is 17.8. The summed E-state index contributed by atoms with van der Waals surface area (Å²) >= 11 is 0. The molecule has 5 nitrogen and oxygen atoms in total. The minimum absolute atomic E-state index is 0.117. The molecular formula is C19H30N2O3. The van der Waals surface area contributed by atoms with Gasteiger partial charge in [0.25, 0.3) is 0 Å². The van der Waals surface area contributed by atoms with Crippen LogP contribution in [0.5, 0.6) is 5.75 Å². The predicted octanol–water partition coefficient (Wildman–Crippen LogP) is 3.34. The van der Waals surface area contributed by atoms with E-state index in [-0.39, 0.29) is 24.7 Å². The van der Waals surface area contributed by atoms with Gasteiger partial charge in [-0.3, -0.25) is 0 Å². The van der Waals surface area contributed by atoms with E-state index in [9.17, 15) is 9.90 Å². The maximum Gasteiger partial charge on any atom is 0.317 e. The average molecular weight is 334 g/mol. The molecule has 1 aliphatic rings. The number of carbonyl (C=O) groups excluding carboxylic acids is 1. The zero-order valence-electron chi connectivity index (χ0n) is 15.0. The Morgan fingerprint density at radius 3 is 2.46 bits per heavy atom. The number of methoxy groups -OCH3 is 1. The van der Waals surface area contributed by atoms with Gasteiger partial charge in [-0.05, 0) is 43.4 Å². The lowest BCUT2D eigenvalue weighted by atomic mass is 9.84. The van der Waals surface area contributed by atoms with E-state index >= 15 is 0 Å². The zero-order valence-corrected chi connectivity index (χ0v) is 15.0. The molecule has 0 saturated heterocycles. The number of hydrogen-bond donors (Lipinski definition) is 2. The van der Waals surface area contributed by atoms with Crippen molar-refractivity contribution in [1.29, 1.82) is 0 Å². The van der Waals surface area contributed by atoms with E-state index in [2.05, 4.69) is 12.2 Å². The fourth-order valence-electron chi connectivity index (χ4n) is 3.47. The van der Waals surface area contributed by atoms with Crippen LogP contribution in [0, 0.1) is 5.92 Å². The standard InChI is InChI=1S/C19H30N2O3/c1-14(15-7-5-4-6-8-15)20-19(23)21(2)18(13-22)16-9-11-17(24-3)12-10-16/h9-12,14-15,18,22H,4-8,13H2,1-3H3,(H,20,23). The van der Waals surface area contributed by atoms with Gasteiger partial charge in [0.1, 0.15) is 5.75 Å². The molecule has 0 radical (unpaired) electrons. The van der Waals surface area contributed by atoms with Gasteiger partial charge < -0.3 is 20.1 Å². The molecule has 1 aromatic rings. The van der Waals surface area contributed by atoms with E-state index in [0.717, 1.165) is 11.3 Å². The van der Waals surface area contributed by atoms with Crippen LogP contribution in [-0.4, -0.2) is 42.8 Å². The third-order valence-electron chi connectivity index (χ3n) is 5.17. The van der Waals surface area contributed by atoms with Crippen LogP contribution < -0.4 is 10.1 Å². The van der Waals surface area contributed by atoms with Gasteiger partial charge in [0.2, 0.25) is 0 Å². The monoisotopic (exact) mass is 334 g/mol. The summed E-state index contributed by atoms with van der Waals surface area (Å²) in [6, 6.07) is 7.11. The Bertz CT molecular complexity index is 512. The highest BCUT2D eigenvalue weighted by Crippen LogP contribution is 2.27. The Morgan fingerprint density at radius 1 is 1.29 bits per heavy atom. The number of likely N-dealkylation sites (N-methyl/N-ethyl adjacent to an activating group) is 1. The van der Waals surface area contributed by atoms with Crippen LogP contribution in [-0.2, 0) is 0 Å². The molecule has 0 aliphatic heterocycles. The molecule has 2 unspecified atom stereocenters. The highest BCUT2D eigenvalue weighted by Gasteiger charge is 2.25. The molecule has 2 rings (SSSR count). The first-order valence-electron chi connectivity index (χ1n) is 8.85. The summed E-state index contributed by atoms with van der Waals surface area (Å²) in [5.41, 5.74) is 0.890. The second kappa shape index (κ2) is 8.92. The topological polar surface area (TPSA) is 61.8 Å². The maximum atomic E-state index is 12.6. The number of benzene rings is 1. The first-order chi connectivity index (χ1) is 11.6. The van der Waals surface area contributed by atoms with Crippen LogP contribution in [0.1, 0.15) is 50.6 Å². The molecule has 0 spiro atoms. The number of ether oxygens (including phenoxy) is 1. The second-order valence-corrected chi connectivity index (χ2v) is 6.72. The van der Waals surface area contributed by atoms with Crippen molar-refractivity contribution in [2.75, 3.05) is 20.8 Å². The number of aliphatic hydroxyl groups is 1. The Morgan fingerprint density at radius 2 is 1.92 bits per heavy atom. The Hall–Kier alpha value is -1.75. The summed E-state index contributed by atoms with van der Waals surface area (Å²) in [5, 5.41) is 12.9. The van der Waals surface area contributed by atoms with Crippen molar-refractivity contribution in [3.05, 3.63) is 29.8 Å². The molecule has 1 saturated carbocycles. The van der Waals surface area contributed by atoms with E-state index in [1.165, 1.54) is 32.1 Å². The van der Waals surface area contributed by atoms with Gasteiger partial charge in [0, 0.05) is 13.1 Å². The van der Waals surface area contributed by atoms with Gasteiger partial charge in [-0.15, -0.1) is 0 Å². The minimum Gasteiger partial charge on any atom is -0.497 e. The van der Waals surface area contributed by atoms with Crippen molar-refractivity contribution in [2.45, 2.75) is 51.1 Å². The largest absolute Gasteiger partial charge is 0.497 e. The van der Waals surface area contributed by atoms with Gasteiger partial charge in [0.15, 0.2) is 0 Å². The number of rotatable bonds is 6. The molecule has 0 aromatic heterocycles. The second-order valence-electron chi connectivity index (χ2n) is 6.72. The molecule has 0 bridgehead atoms. The van der Waals surface area contributed by atoms with E-state index < -0.39 is 0 Å². The van der Waals surface area contributed by atoms with E-state index in [1.807, 2.05) is 24.3 Å². The van der Waals surface area contributed by atoms with Gasteiger partial charge in [-0.25, -0.2) is 4.79 Å². The Labute approximate surface area is 145 Å². The van der Waals surface area contributed by atoms with Crippen molar-refractivity contribution in [3.8, 4) is 5.75 Å². The minimum atomic E-state index is -0.366. The molecule has 5 heteroatoms. The molecule has 1 aliphatic carbocycles. The molecule has 0 heterocycles. The molecule has 1 fully saturated rings. The van der Waals surface area contributed by atoms with Crippen LogP contribution in [0.3, 0.4) is 0 Å². The number of amides is 2. The van der Waals surface area contributed by atoms with Crippen LogP contribution >= 0.6 is 0 Å². The highest BCUT2D eigenvalue weighted by atomic mass is 16.5. The van der Waals surface area contributed by atoms with Crippen molar-refractivity contribution in [1.82, 2.24) is 10.2 Å². The van der Waals surface area contributed by atoms with Crippen LogP contribution in [0.15, 0.2) is 24.3 Å². The third kappa shape index (κ3) is 4.63. The van der Waals surface area contributed by atoms with E-state index in [1.54, 1.807) is 19.1 Å². The molecule has 2 N–H and O–H groups in total. The fourth-order valence-corrected chi connectivity index (χ4v) is 3.47. The Kier molecular flexibility index (Phi) is 6.91. The van der Waals surface area contributed by atoms with Crippen LogP contribution in [0.25, 0.3) is 0 Å². The Balaban J connectivity index is 1.98. The summed E-state index contributed by atoms with van der Waals surface area (Å²) in [7, 11) is 3.35. The molecule has 134 valence electrons. The maximum absolute atomic E-state index is 12.6. The van der Waals surface area contributed by atoms with Crippen molar-refractivity contribution < 1.29 is 14.6 Å². The lowest BCUT2D eigenvalue weighted by Crippen LogP contribution is -2.47. The molecule has 2 amide bonds. The number of nitrogens with one attached hydrogen (secondary N) is 1. The van der Waals surface area contributed by atoms with Crippen molar-refractivity contribution in [3.63, 3.8) is 0 Å². The van der Waals surface area contributed by atoms with Gasteiger partial charge in [0.05, 0.1) is 19.8 Å². The van der Waals surface area contributed by atoms with E-state index in [4.69, 9.17) is 4.74 Å². The molecule has 1 aromatic carbocycles. The average Bonchev–Trinajstić information content (AvgIpc) is 2.63. The highest BCUT2D eigenvalue weighted by molar-refractivity contribution is 5.74. The predicted molar refractivity (Wildman–Crippen MR) is 95.2 cm³/mol. The lowest BCUT2D eigenvalue weighted by molar-refractivity contribution is 0.143. The number of nitrogens with zero attached hydrogens (tertiary/aromatic N) is 1. The SMILES string of the molecule is COc1ccc(C(CO)N(C)C(=O)NC(C)C2CCCCC2)cc1. The zero-order chi connectivity index (χ0) is 17.5. The molecule has 2 atom stereocenters. The van der Waals surface area contributed by atoms with Crippen molar-refractivity contribution in [2.24, 2.45) is 5.92 Å². The van der Waals surface area contributed by atoms with Crippen LogP contribution in [0.2, 0.25) is 0 Å². The van der Waals surface area contributed by atoms with Gasteiger partial charge in [-0.1, -0.05) is 31.4 Å². The van der Waals surface area contributed by atoms with Gasteiger partial charge >= 0.3 is 6.03 Å². The first-order valence-corrected chi connectivity index (χ1v) is 8.85. The van der Waals surface area contributed by atoms with E-state index in [0.29, 0.717) is 5.92 Å². The summed E-state index contributed by atoms with van der Waals surface area (Å²) in [6.07, 6.45) is 6.19. The number of carbonyl (C=O) groups is 1. The van der Waals surface area contributed by atoms with Crippen LogP contribution in [0.4, 0.5) is 4.79 Å². The van der Waals surface area contributed by atoms with Crippen molar-refractivity contribution >= 4 is 6.03 Å². The molecular weight excluding hydrogens is 304 g/mol.